The molecule has 6 heteroatoms. The summed E-state index contributed by atoms with van der Waals surface area (Å²) in [7, 11) is 3.84. The maximum atomic E-state index is 13.5. The van der Waals surface area contributed by atoms with Gasteiger partial charge in [-0.15, -0.1) is 0 Å². The van der Waals surface area contributed by atoms with Crippen molar-refractivity contribution in [2.75, 3.05) is 14.1 Å². The van der Waals surface area contributed by atoms with Crippen LogP contribution in [0.4, 0.5) is 8.78 Å². The number of aromatic nitrogens is 2. The van der Waals surface area contributed by atoms with Gasteiger partial charge in [-0.3, -0.25) is 0 Å². The number of nitrogens with zero attached hydrogens (tertiary/aromatic N) is 3. The largest absolute Gasteiger partial charge is 0.326 e. The summed E-state index contributed by atoms with van der Waals surface area (Å²) in [5.41, 5.74) is 7.04. The lowest BCUT2D eigenvalue weighted by Crippen LogP contribution is -2.27. The van der Waals surface area contributed by atoms with E-state index in [0.717, 1.165) is 18.3 Å². The van der Waals surface area contributed by atoms with E-state index in [2.05, 4.69) is 4.98 Å². The second-order valence-electron chi connectivity index (χ2n) is 5.30. The monoisotopic (exact) mass is 282 g/mol. The molecule has 1 unspecified atom stereocenters. The fourth-order valence-corrected chi connectivity index (χ4v) is 2.14. The van der Waals surface area contributed by atoms with Crippen LogP contribution in [0.1, 0.15) is 19.2 Å². The molecule has 2 N–H and O–H groups in total. The molecule has 20 heavy (non-hydrogen) atoms. The van der Waals surface area contributed by atoms with Crippen LogP contribution in [0.3, 0.4) is 0 Å². The molecule has 0 spiro atoms. The van der Waals surface area contributed by atoms with Crippen LogP contribution in [0.15, 0.2) is 12.1 Å². The number of hydrogen-bond acceptors (Lipinski definition) is 3. The molecule has 0 saturated heterocycles. The van der Waals surface area contributed by atoms with Crippen molar-refractivity contribution in [2.24, 2.45) is 5.73 Å². The normalized spacial score (nSPS) is 13.3. The van der Waals surface area contributed by atoms with Gasteiger partial charge >= 0.3 is 0 Å². The molecule has 0 radical (unpaired) electrons. The predicted molar refractivity (Wildman–Crippen MR) is 75.3 cm³/mol. The molecule has 0 amide bonds. The lowest BCUT2D eigenvalue weighted by molar-refractivity contribution is 0.377. The summed E-state index contributed by atoms with van der Waals surface area (Å²) in [6.07, 6.45) is 0.810. The highest BCUT2D eigenvalue weighted by Gasteiger charge is 2.16. The molecule has 4 nitrogen and oxygen atoms in total. The van der Waals surface area contributed by atoms with E-state index in [4.69, 9.17) is 5.73 Å². The van der Waals surface area contributed by atoms with Gasteiger partial charge in [-0.05, 0) is 20.5 Å². The van der Waals surface area contributed by atoms with Crippen LogP contribution >= 0.6 is 0 Å². The van der Waals surface area contributed by atoms with E-state index >= 15 is 0 Å². The van der Waals surface area contributed by atoms with Gasteiger partial charge in [0.1, 0.15) is 5.82 Å². The van der Waals surface area contributed by atoms with Crippen molar-refractivity contribution in [3.05, 3.63) is 29.6 Å². The Morgan fingerprint density at radius 2 is 1.95 bits per heavy atom. The Morgan fingerprint density at radius 3 is 2.55 bits per heavy atom. The molecule has 0 bridgehead atoms. The zero-order valence-corrected chi connectivity index (χ0v) is 12.0. The zero-order chi connectivity index (χ0) is 14.9. The van der Waals surface area contributed by atoms with E-state index in [-0.39, 0.29) is 6.04 Å². The summed E-state index contributed by atoms with van der Waals surface area (Å²) < 4.78 is 28.7. The molecule has 110 valence electrons. The molecule has 2 aromatic rings. The number of halogens is 2. The molecule has 1 aromatic heterocycles. The van der Waals surface area contributed by atoms with Crippen LogP contribution in [0.5, 0.6) is 0 Å². The third-order valence-corrected chi connectivity index (χ3v) is 3.27. The van der Waals surface area contributed by atoms with Crippen molar-refractivity contribution < 1.29 is 8.78 Å². The molecule has 1 atom stereocenters. The van der Waals surface area contributed by atoms with E-state index in [1.54, 1.807) is 0 Å². The standard InChI is InChI=1S/C14H20F2N4/c1-4-9(17)7-20-13-6-11(16)10(15)5-12(13)18-14(20)8-19(2)3/h5-6,9H,4,7-8,17H2,1-3H3. The molecule has 1 heterocycles. The van der Waals surface area contributed by atoms with Gasteiger partial charge in [-0.2, -0.15) is 0 Å². The molecule has 2 rings (SSSR count). The molecule has 1 aromatic carbocycles. The first-order valence-corrected chi connectivity index (χ1v) is 6.66. The third kappa shape index (κ3) is 2.96. The van der Waals surface area contributed by atoms with Gasteiger partial charge in [0.25, 0.3) is 0 Å². The lowest BCUT2D eigenvalue weighted by Gasteiger charge is -2.16. The zero-order valence-electron chi connectivity index (χ0n) is 12.0. The first-order valence-electron chi connectivity index (χ1n) is 6.66. The Morgan fingerprint density at radius 1 is 1.30 bits per heavy atom. The van der Waals surface area contributed by atoms with Crippen LogP contribution in [0.25, 0.3) is 11.0 Å². The Bertz CT molecular complexity index is 607. The van der Waals surface area contributed by atoms with Gasteiger partial charge in [0, 0.05) is 24.7 Å². The number of imidazole rings is 1. The maximum absolute atomic E-state index is 13.5. The Kier molecular flexibility index (Phi) is 4.35. The fraction of sp³-hybridized carbons (Fsp3) is 0.500. The van der Waals surface area contributed by atoms with Gasteiger partial charge in [-0.1, -0.05) is 6.92 Å². The molecule has 0 aliphatic carbocycles. The van der Waals surface area contributed by atoms with Crippen LogP contribution in [0, 0.1) is 11.6 Å². The number of benzene rings is 1. The lowest BCUT2D eigenvalue weighted by atomic mass is 10.2. The van der Waals surface area contributed by atoms with E-state index in [9.17, 15) is 8.78 Å². The Hall–Kier alpha value is -1.53. The van der Waals surface area contributed by atoms with Crippen LogP contribution in [-0.4, -0.2) is 34.6 Å². The summed E-state index contributed by atoms with van der Waals surface area (Å²) in [5.74, 6) is -0.975. The van der Waals surface area contributed by atoms with E-state index < -0.39 is 11.6 Å². The van der Waals surface area contributed by atoms with Crippen molar-refractivity contribution in [3.63, 3.8) is 0 Å². The number of nitrogens with two attached hydrogens (primary N) is 1. The molecule has 0 fully saturated rings. The van der Waals surface area contributed by atoms with Crippen molar-refractivity contribution in [2.45, 2.75) is 32.5 Å². The molecule has 0 saturated carbocycles. The predicted octanol–water partition coefficient (Wildman–Crippen LogP) is 2.11. The number of fused-ring (bicyclic) bond motifs is 1. The summed E-state index contributed by atoms with van der Waals surface area (Å²) in [4.78, 5) is 6.36. The van der Waals surface area contributed by atoms with E-state index in [1.165, 1.54) is 6.07 Å². The van der Waals surface area contributed by atoms with E-state index in [1.807, 2.05) is 30.5 Å². The van der Waals surface area contributed by atoms with Crippen LogP contribution in [0.2, 0.25) is 0 Å². The van der Waals surface area contributed by atoms with Crippen LogP contribution in [-0.2, 0) is 13.1 Å². The van der Waals surface area contributed by atoms with Gasteiger partial charge < -0.3 is 15.2 Å². The topological polar surface area (TPSA) is 47.1 Å². The average molecular weight is 282 g/mol. The van der Waals surface area contributed by atoms with E-state index in [0.29, 0.717) is 24.1 Å². The van der Waals surface area contributed by atoms with Gasteiger partial charge in [0.15, 0.2) is 11.6 Å². The highest BCUT2D eigenvalue weighted by Crippen LogP contribution is 2.21. The maximum Gasteiger partial charge on any atom is 0.161 e. The second-order valence-corrected chi connectivity index (χ2v) is 5.30. The number of hydrogen-bond donors (Lipinski definition) is 1. The first-order chi connectivity index (χ1) is 9.42. The minimum Gasteiger partial charge on any atom is -0.326 e. The molecule has 0 aliphatic heterocycles. The van der Waals surface area contributed by atoms with Crippen LogP contribution < -0.4 is 5.73 Å². The third-order valence-electron chi connectivity index (χ3n) is 3.27. The quantitative estimate of drug-likeness (QED) is 0.913. The summed E-state index contributed by atoms with van der Waals surface area (Å²) in [6, 6.07) is 2.29. The van der Waals surface area contributed by atoms with Crippen molar-refractivity contribution in [1.82, 2.24) is 14.5 Å². The summed E-state index contributed by atoms with van der Waals surface area (Å²) in [5, 5.41) is 0. The van der Waals surface area contributed by atoms with Gasteiger partial charge in [0.05, 0.1) is 17.6 Å². The number of rotatable bonds is 5. The van der Waals surface area contributed by atoms with Gasteiger partial charge in [0.2, 0.25) is 0 Å². The van der Waals surface area contributed by atoms with Crippen molar-refractivity contribution >= 4 is 11.0 Å². The smallest absolute Gasteiger partial charge is 0.161 e. The highest BCUT2D eigenvalue weighted by atomic mass is 19.2. The summed E-state index contributed by atoms with van der Waals surface area (Å²) in [6.45, 7) is 3.13. The summed E-state index contributed by atoms with van der Waals surface area (Å²) >= 11 is 0. The minimum atomic E-state index is -0.877. The van der Waals surface area contributed by atoms with Crippen molar-refractivity contribution in [1.29, 1.82) is 0 Å². The molecular formula is C14H20F2N4. The molecule has 0 aliphatic rings. The van der Waals surface area contributed by atoms with Crippen molar-refractivity contribution in [3.8, 4) is 0 Å². The SMILES string of the molecule is CCC(N)Cn1c(CN(C)C)nc2cc(F)c(F)cc21. The van der Waals surface area contributed by atoms with Gasteiger partial charge in [-0.25, -0.2) is 13.8 Å². The fourth-order valence-electron chi connectivity index (χ4n) is 2.14. The molecular weight excluding hydrogens is 262 g/mol. The first kappa shape index (κ1) is 14.9. The highest BCUT2D eigenvalue weighted by molar-refractivity contribution is 5.76. The Labute approximate surface area is 117 Å². The Balaban J connectivity index is 2.55. The second kappa shape index (κ2) is 5.85. The minimum absolute atomic E-state index is 0.0403. The average Bonchev–Trinajstić information content (AvgIpc) is 2.67.